The van der Waals surface area contributed by atoms with Crippen molar-refractivity contribution in [3.8, 4) is 5.75 Å². The zero-order chi connectivity index (χ0) is 17.4. The summed E-state index contributed by atoms with van der Waals surface area (Å²) in [6, 6.07) is 14.9. The largest absolute Gasteiger partial charge is 0.464 e. The fourth-order valence-corrected chi connectivity index (χ4v) is 2.54. The lowest BCUT2D eigenvalue weighted by molar-refractivity contribution is -0.0858. The predicted octanol–water partition coefficient (Wildman–Crippen LogP) is 5.00. The van der Waals surface area contributed by atoms with Crippen molar-refractivity contribution in [2.24, 2.45) is 5.92 Å². The molecule has 1 N–H and O–H groups in total. The van der Waals surface area contributed by atoms with Gasteiger partial charge in [-0.15, -0.1) is 0 Å². The molecule has 0 radical (unpaired) electrons. The van der Waals surface area contributed by atoms with E-state index in [1.165, 1.54) is 5.39 Å². The van der Waals surface area contributed by atoms with Crippen LogP contribution in [-0.2, 0) is 4.74 Å². The first-order valence-corrected chi connectivity index (χ1v) is 9.05. The minimum Gasteiger partial charge on any atom is -0.464 e. The van der Waals surface area contributed by atoms with Gasteiger partial charge in [0.1, 0.15) is 5.75 Å². The number of hydrogen-bond acceptors (Lipinski definition) is 3. The van der Waals surface area contributed by atoms with Gasteiger partial charge in [0.05, 0.1) is 6.61 Å². The molecule has 0 spiro atoms. The van der Waals surface area contributed by atoms with E-state index < -0.39 is 0 Å². The first-order chi connectivity index (χ1) is 11.6. The summed E-state index contributed by atoms with van der Waals surface area (Å²) in [4.78, 5) is 0. The zero-order valence-corrected chi connectivity index (χ0v) is 15.4. The van der Waals surface area contributed by atoms with Crippen LogP contribution >= 0.6 is 0 Å². The van der Waals surface area contributed by atoms with Gasteiger partial charge in [0.25, 0.3) is 0 Å². The number of benzene rings is 2. The highest BCUT2D eigenvalue weighted by Crippen LogP contribution is 2.26. The fraction of sp³-hybridized carbons (Fsp3) is 0.524. The van der Waals surface area contributed by atoms with E-state index in [0.717, 1.165) is 37.1 Å². The van der Waals surface area contributed by atoms with E-state index in [2.05, 4.69) is 57.3 Å². The molecule has 0 amide bonds. The van der Waals surface area contributed by atoms with E-state index in [1.807, 2.05) is 18.2 Å². The maximum Gasteiger partial charge on any atom is 0.201 e. The molecule has 0 saturated heterocycles. The molecule has 0 saturated carbocycles. The van der Waals surface area contributed by atoms with Crippen LogP contribution in [0.3, 0.4) is 0 Å². The van der Waals surface area contributed by atoms with Crippen LogP contribution in [0.15, 0.2) is 42.5 Å². The third kappa shape index (κ3) is 6.14. The second kappa shape index (κ2) is 9.65. The lowest BCUT2D eigenvalue weighted by Gasteiger charge is -2.22. The van der Waals surface area contributed by atoms with Gasteiger partial charge in [-0.1, -0.05) is 64.1 Å². The summed E-state index contributed by atoms with van der Waals surface area (Å²) < 4.78 is 12.3. The Kier molecular flexibility index (Phi) is 7.54. The molecule has 2 aromatic carbocycles. The second-order valence-corrected chi connectivity index (χ2v) is 6.98. The molecule has 0 heterocycles. The Hall–Kier alpha value is -1.58. The van der Waals surface area contributed by atoms with Crippen LogP contribution in [0.25, 0.3) is 10.8 Å². The molecule has 132 valence electrons. The van der Waals surface area contributed by atoms with Crippen LogP contribution in [0, 0.1) is 5.92 Å². The fourth-order valence-electron chi connectivity index (χ4n) is 2.54. The van der Waals surface area contributed by atoms with Crippen molar-refractivity contribution in [3.05, 3.63) is 42.5 Å². The minimum atomic E-state index is -0.221. The van der Waals surface area contributed by atoms with Crippen molar-refractivity contribution in [1.29, 1.82) is 0 Å². The molecule has 0 unspecified atom stereocenters. The van der Waals surface area contributed by atoms with Crippen molar-refractivity contribution in [1.82, 2.24) is 5.32 Å². The van der Waals surface area contributed by atoms with Crippen LogP contribution in [-0.4, -0.2) is 25.5 Å². The summed E-state index contributed by atoms with van der Waals surface area (Å²) in [5.74, 6) is 1.53. The molecule has 2 aromatic rings. The second-order valence-electron chi connectivity index (χ2n) is 6.98. The van der Waals surface area contributed by atoms with Gasteiger partial charge in [0, 0.05) is 24.4 Å². The van der Waals surface area contributed by atoms with Crippen LogP contribution < -0.4 is 10.1 Å². The van der Waals surface area contributed by atoms with E-state index in [-0.39, 0.29) is 6.29 Å². The molecule has 0 aliphatic rings. The minimum absolute atomic E-state index is 0.221. The van der Waals surface area contributed by atoms with Gasteiger partial charge in [-0.05, 0) is 23.8 Å². The van der Waals surface area contributed by atoms with Crippen LogP contribution in [0.1, 0.15) is 40.5 Å². The molecule has 2 rings (SSSR count). The van der Waals surface area contributed by atoms with Gasteiger partial charge < -0.3 is 14.8 Å². The van der Waals surface area contributed by atoms with Crippen LogP contribution in [0.5, 0.6) is 5.75 Å². The van der Waals surface area contributed by atoms with Gasteiger partial charge in [0.15, 0.2) is 0 Å². The molecule has 0 aliphatic heterocycles. The lowest BCUT2D eigenvalue weighted by Crippen LogP contribution is -2.30. The van der Waals surface area contributed by atoms with E-state index in [0.29, 0.717) is 12.0 Å². The van der Waals surface area contributed by atoms with Crippen molar-refractivity contribution < 1.29 is 9.47 Å². The maximum absolute atomic E-state index is 6.23. The van der Waals surface area contributed by atoms with Gasteiger partial charge in [0.2, 0.25) is 6.29 Å². The first-order valence-electron chi connectivity index (χ1n) is 9.05. The highest BCUT2D eigenvalue weighted by atomic mass is 16.7. The molecule has 0 aromatic heterocycles. The molecule has 0 fully saturated rings. The Labute approximate surface area is 146 Å². The molecule has 1 atom stereocenters. The molecule has 0 aliphatic carbocycles. The number of nitrogens with one attached hydrogen (secondary N) is 1. The highest BCUT2D eigenvalue weighted by molar-refractivity contribution is 5.88. The molecular formula is C21H31NO2. The Morgan fingerprint density at radius 2 is 1.67 bits per heavy atom. The molecule has 0 bridgehead atoms. The van der Waals surface area contributed by atoms with E-state index >= 15 is 0 Å². The van der Waals surface area contributed by atoms with Crippen LogP contribution in [0.4, 0.5) is 0 Å². The predicted molar refractivity (Wildman–Crippen MR) is 102 cm³/mol. The smallest absolute Gasteiger partial charge is 0.201 e. The third-order valence-electron chi connectivity index (χ3n) is 3.94. The van der Waals surface area contributed by atoms with E-state index in [1.54, 1.807) is 0 Å². The number of ether oxygens (including phenoxy) is 2. The SMILES string of the molecule is CC(C)CCO[C@H](CCNC(C)C)Oc1cccc2ccccc12. The summed E-state index contributed by atoms with van der Waals surface area (Å²) in [6.07, 6.45) is 1.66. The van der Waals surface area contributed by atoms with Gasteiger partial charge >= 0.3 is 0 Å². The number of rotatable bonds is 10. The van der Waals surface area contributed by atoms with Gasteiger partial charge in [-0.2, -0.15) is 0 Å². The van der Waals surface area contributed by atoms with Crippen molar-refractivity contribution in [3.63, 3.8) is 0 Å². The zero-order valence-electron chi connectivity index (χ0n) is 15.4. The number of hydrogen-bond donors (Lipinski definition) is 1. The average Bonchev–Trinajstić information content (AvgIpc) is 2.54. The molecule has 24 heavy (non-hydrogen) atoms. The topological polar surface area (TPSA) is 30.5 Å². The normalized spacial score (nSPS) is 12.9. The van der Waals surface area contributed by atoms with Gasteiger partial charge in [-0.3, -0.25) is 0 Å². The average molecular weight is 329 g/mol. The monoisotopic (exact) mass is 329 g/mol. The van der Waals surface area contributed by atoms with Crippen molar-refractivity contribution >= 4 is 10.8 Å². The molecule has 3 heteroatoms. The van der Waals surface area contributed by atoms with Crippen molar-refractivity contribution in [2.45, 2.75) is 52.9 Å². The summed E-state index contributed by atoms with van der Waals surface area (Å²) in [5, 5.41) is 5.76. The first kappa shape index (κ1) is 18.8. The van der Waals surface area contributed by atoms with Crippen LogP contribution in [0.2, 0.25) is 0 Å². The summed E-state index contributed by atoms with van der Waals surface area (Å²) in [5.41, 5.74) is 0. The quantitative estimate of drug-likeness (QED) is 0.623. The Morgan fingerprint density at radius 3 is 2.42 bits per heavy atom. The molecule has 3 nitrogen and oxygen atoms in total. The van der Waals surface area contributed by atoms with E-state index in [9.17, 15) is 0 Å². The molecular weight excluding hydrogens is 298 g/mol. The lowest BCUT2D eigenvalue weighted by atomic mass is 10.1. The Balaban J connectivity index is 2.04. The van der Waals surface area contributed by atoms with E-state index in [4.69, 9.17) is 9.47 Å². The summed E-state index contributed by atoms with van der Waals surface area (Å²) in [7, 11) is 0. The third-order valence-corrected chi connectivity index (χ3v) is 3.94. The summed E-state index contributed by atoms with van der Waals surface area (Å²) >= 11 is 0. The standard InChI is InChI=1S/C21H31NO2/c1-16(2)13-15-23-21(12-14-22-17(3)4)24-20-11-7-9-18-8-5-6-10-19(18)20/h5-11,16-17,21-22H,12-15H2,1-4H3/t21-/m0/s1. The summed E-state index contributed by atoms with van der Waals surface area (Å²) in [6.45, 7) is 10.3. The van der Waals surface area contributed by atoms with Gasteiger partial charge in [-0.25, -0.2) is 0 Å². The number of fused-ring (bicyclic) bond motifs is 1. The highest BCUT2D eigenvalue weighted by Gasteiger charge is 2.13. The Morgan fingerprint density at radius 1 is 0.917 bits per heavy atom. The Bertz CT molecular complexity index is 590. The maximum atomic E-state index is 6.23. The van der Waals surface area contributed by atoms with Crippen molar-refractivity contribution in [2.75, 3.05) is 13.2 Å².